The molecule has 2 amide bonds. The molecule has 0 unspecified atom stereocenters. The summed E-state index contributed by atoms with van der Waals surface area (Å²) in [5, 5.41) is 10.2. The Labute approximate surface area is 159 Å². The Bertz CT molecular complexity index is 836. The average molecular weight is 366 g/mol. The van der Waals surface area contributed by atoms with Gasteiger partial charge in [0.15, 0.2) is 0 Å². The fraction of sp³-hybridized carbons (Fsp3) is 0.476. The van der Waals surface area contributed by atoms with Crippen molar-refractivity contribution in [2.75, 3.05) is 11.4 Å². The molecule has 142 valence electrons. The van der Waals surface area contributed by atoms with Crippen LogP contribution in [0, 0.1) is 5.92 Å². The van der Waals surface area contributed by atoms with Crippen molar-refractivity contribution in [2.45, 2.75) is 51.5 Å². The lowest BCUT2D eigenvalue weighted by Gasteiger charge is -2.17. The van der Waals surface area contributed by atoms with Crippen LogP contribution in [0.25, 0.3) is 0 Å². The number of hydrogen-bond donors (Lipinski definition) is 2. The number of benzene rings is 1. The molecule has 2 aliphatic rings. The number of hydrogen-bond acceptors (Lipinski definition) is 3. The van der Waals surface area contributed by atoms with Crippen LogP contribution in [0.3, 0.4) is 0 Å². The largest absolute Gasteiger partial charge is 0.350 e. The summed E-state index contributed by atoms with van der Waals surface area (Å²) in [6.45, 7) is 5.14. The molecule has 1 aromatic carbocycles. The summed E-state index contributed by atoms with van der Waals surface area (Å²) in [7, 11) is 0. The molecule has 6 heteroatoms. The van der Waals surface area contributed by atoms with Gasteiger partial charge in [-0.1, -0.05) is 26.0 Å². The second kappa shape index (κ2) is 7.18. The maximum Gasteiger partial charge on any atom is 0.227 e. The molecule has 1 aliphatic heterocycles. The number of rotatable bonds is 6. The second-order valence-electron chi connectivity index (χ2n) is 7.96. The molecule has 2 heterocycles. The minimum absolute atomic E-state index is 0.00464. The number of carbonyl (C=O) groups is 2. The van der Waals surface area contributed by atoms with E-state index in [9.17, 15) is 9.59 Å². The minimum Gasteiger partial charge on any atom is -0.350 e. The van der Waals surface area contributed by atoms with Gasteiger partial charge in [0.25, 0.3) is 0 Å². The molecule has 1 saturated heterocycles. The zero-order valence-corrected chi connectivity index (χ0v) is 15.9. The summed E-state index contributed by atoms with van der Waals surface area (Å²) < 4.78 is 0. The first-order valence-electron chi connectivity index (χ1n) is 9.73. The third-order valence-corrected chi connectivity index (χ3v) is 5.47. The van der Waals surface area contributed by atoms with E-state index in [2.05, 4.69) is 41.5 Å². The summed E-state index contributed by atoms with van der Waals surface area (Å²) in [5.41, 5.74) is 4.11. The second-order valence-corrected chi connectivity index (χ2v) is 7.96. The number of nitrogens with zero attached hydrogens (tertiary/aromatic N) is 2. The van der Waals surface area contributed by atoms with Crippen molar-refractivity contribution >= 4 is 17.5 Å². The van der Waals surface area contributed by atoms with Crippen LogP contribution >= 0.6 is 0 Å². The molecular weight excluding hydrogens is 340 g/mol. The summed E-state index contributed by atoms with van der Waals surface area (Å²) in [6.07, 6.45) is 2.66. The number of aromatic amines is 1. The topological polar surface area (TPSA) is 78.1 Å². The molecule has 0 radical (unpaired) electrons. The van der Waals surface area contributed by atoms with Gasteiger partial charge < -0.3 is 10.2 Å². The van der Waals surface area contributed by atoms with Crippen molar-refractivity contribution in [3.8, 4) is 0 Å². The third kappa shape index (κ3) is 3.89. The van der Waals surface area contributed by atoms with Crippen LogP contribution in [0.5, 0.6) is 0 Å². The Balaban J connectivity index is 1.34. The average Bonchev–Trinajstić information content (AvgIpc) is 3.28. The maximum atomic E-state index is 12.5. The van der Waals surface area contributed by atoms with Crippen LogP contribution in [-0.2, 0) is 16.1 Å². The van der Waals surface area contributed by atoms with Gasteiger partial charge in [-0.2, -0.15) is 5.10 Å². The molecule has 1 aliphatic carbocycles. The van der Waals surface area contributed by atoms with Gasteiger partial charge in [-0.15, -0.1) is 0 Å². The minimum atomic E-state index is -0.312. The van der Waals surface area contributed by atoms with Crippen molar-refractivity contribution in [3.63, 3.8) is 0 Å². The van der Waals surface area contributed by atoms with E-state index in [0.717, 1.165) is 17.1 Å². The van der Waals surface area contributed by atoms with Crippen LogP contribution < -0.4 is 10.2 Å². The van der Waals surface area contributed by atoms with E-state index in [1.54, 1.807) is 4.90 Å². The standard InChI is InChI=1S/C21H26N4O2/c1-13(2)14-5-7-18(8-6-14)25-12-16(9-20(25)26)21(27)22-11-17-10-19(24-23-17)15-3-4-15/h5-8,10,13,15-16H,3-4,9,11-12H2,1-2H3,(H,22,27)(H,23,24)/t16-/m0/s1. The summed E-state index contributed by atoms with van der Waals surface area (Å²) in [4.78, 5) is 26.6. The zero-order valence-electron chi connectivity index (χ0n) is 15.9. The highest BCUT2D eigenvalue weighted by molar-refractivity contribution is 6.00. The summed E-state index contributed by atoms with van der Waals surface area (Å²) in [5.74, 6) is 0.661. The van der Waals surface area contributed by atoms with Gasteiger partial charge in [0.05, 0.1) is 23.9 Å². The zero-order chi connectivity index (χ0) is 19.0. The molecule has 0 bridgehead atoms. The van der Waals surface area contributed by atoms with Crippen LogP contribution in [0.15, 0.2) is 30.3 Å². The molecule has 1 atom stereocenters. The van der Waals surface area contributed by atoms with Crippen LogP contribution in [-0.4, -0.2) is 28.6 Å². The van der Waals surface area contributed by atoms with Gasteiger partial charge in [0.2, 0.25) is 11.8 Å². The Morgan fingerprint density at radius 2 is 2.04 bits per heavy atom. The van der Waals surface area contributed by atoms with E-state index < -0.39 is 0 Å². The Kier molecular flexibility index (Phi) is 4.72. The van der Waals surface area contributed by atoms with Crippen molar-refractivity contribution in [1.82, 2.24) is 15.5 Å². The highest BCUT2D eigenvalue weighted by atomic mass is 16.2. The highest BCUT2D eigenvalue weighted by Gasteiger charge is 2.35. The molecule has 6 nitrogen and oxygen atoms in total. The van der Waals surface area contributed by atoms with E-state index in [1.807, 2.05) is 18.2 Å². The van der Waals surface area contributed by atoms with Crippen LogP contribution in [0.1, 0.15) is 61.9 Å². The quantitative estimate of drug-likeness (QED) is 0.825. The van der Waals surface area contributed by atoms with Crippen molar-refractivity contribution in [3.05, 3.63) is 47.3 Å². The van der Waals surface area contributed by atoms with Gasteiger partial charge in [-0.3, -0.25) is 14.7 Å². The Morgan fingerprint density at radius 1 is 1.30 bits per heavy atom. The number of H-pyrrole nitrogens is 1. The first-order valence-corrected chi connectivity index (χ1v) is 9.73. The lowest BCUT2D eigenvalue weighted by molar-refractivity contribution is -0.126. The lowest BCUT2D eigenvalue weighted by atomic mass is 10.0. The van der Waals surface area contributed by atoms with Gasteiger partial charge >= 0.3 is 0 Å². The van der Waals surface area contributed by atoms with Gasteiger partial charge in [-0.05, 0) is 42.5 Å². The predicted molar refractivity (Wildman–Crippen MR) is 103 cm³/mol. The fourth-order valence-electron chi connectivity index (χ4n) is 3.56. The molecule has 1 saturated carbocycles. The molecule has 2 aromatic rings. The Hall–Kier alpha value is -2.63. The molecule has 27 heavy (non-hydrogen) atoms. The van der Waals surface area contributed by atoms with Gasteiger partial charge in [0, 0.05) is 24.6 Å². The first kappa shape index (κ1) is 17.8. The van der Waals surface area contributed by atoms with Crippen LogP contribution in [0.4, 0.5) is 5.69 Å². The fourth-order valence-corrected chi connectivity index (χ4v) is 3.56. The molecule has 0 spiro atoms. The molecule has 4 rings (SSSR count). The molecule has 2 N–H and O–H groups in total. The third-order valence-electron chi connectivity index (χ3n) is 5.47. The van der Waals surface area contributed by atoms with Crippen molar-refractivity contribution in [2.24, 2.45) is 5.92 Å². The van der Waals surface area contributed by atoms with E-state index >= 15 is 0 Å². The van der Waals surface area contributed by atoms with Crippen molar-refractivity contribution < 1.29 is 9.59 Å². The van der Waals surface area contributed by atoms with Crippen molar-refractivity contribution in [1.29, 1.82) is 0 Å². The number of anilines is 1. The smallest absolute Gasteiger partial charge is 0.227 e. The van der Waals surface area contributed by atoms with E-state index in [1.165, 1.54) is 18.4 Å². The van der Waals surface area contributed by atoms with Gasteiger partial charge in [0.1, 0.15) is 0 Å². The van der Waals surface area contributed by atoms with Gasteiger partial charge in [-0.25, -0.2) is 0 Å². The molecule has 2 fully saturated rings. The summed E-state index contributed by atoms with van der Waals surface area (Å²) in [6, 6.07) is 10.1. The predicted octanol–water partition coefficient (Wildman–Crippen LogP) is 3.08. The van der Waals surface area contributed by atoms with E-state index in [0.29, 0.717) is 24.9 Å². The maximum absolute atomic E-state index is 12.5. The Morgan fingerprint density at radius 3 is 2.70 bits per heavy atom. The normalized spacial score (nSPS) is 19.7. The number of carbonyl (C=O) groups excluding carboxylic acids is 2. The van der Waals surface area contributed by atoms with E-state index in [4.69, 9.17) is 0 Å². The molecule has 1 aromatic heterocycles. The SMILES string of the molecule is CC(C)c1ccc(N2C[C@@H](C(=O)NCc3cc(C4CC4)n[nH]3)CC2=O)cc1. The summed E-state index contributed by atoms with van der Waals surface area (Å²) >= 11 is 0. The van der Waals surface area contributed by atoms with Crippen LogP contribution in [0.2, 0.25) is 0 Å². The highest BCUT2D eigenvalue weighted by Crippen LogP contribution is 2.39. The monoisotopic (exact) mass is 366 g/mol. The number of nitrogens with one attached hydrogen (secondary N) is 2. The molecular formula is C21H26N4O2. The lowest BCUT2D eigenvalue weighted by Crippen LogP contribution is -2.32. The van der Waals surface area contributed by atoms with E-state index in [-0.39, 0.29) is 24.2 Å². The first-order chi connectivity index (χ1) is 13.0. The number of amides is 2. The number of aromatic nitrogens is 2.